The summed E-state index contributed by atoms with van der Waals surface area (Å²) in [4.78, 5) is 34.3. The van der Waals surface area contributed by atoms with Gasteiger partial charge in [-0.2, -0.15) is 0 Å². The predicted molar refractivity (Wildman–Crippen MR) is 108 cm³/mol. The first-order valence-electron chi connectivity index (χ1n) is 8.78. The number of hydrogen-bond acceptors (Lipinski definition) is 7. The molecule has 0 aliphatic rings. The molecule has 0 aromatic heterocycles. The molecule has 1 rings (SSSR count). The number of nitrogens with one attached hydrogen (secondary N) is 1. The molecule has 160 valence electrons. The van der Waals surface area contributed by atoms with Gasteiger partial charge in [-0.05, 0) is 40.2 Å². The van der Waals surface area contributed by atoms with Crippen LogP contribution in [0.2, 0.25) is 5.02 Å². The van der Waals surface area contributed by atoms with E-state index in [1.54, 1.807) is 26.8 Å². The lowest BCUT2D eigenvalue weighted by molar-refractivity contribution is -0.384. The number of benzene rings is 1. The molecular formula is C19H25ClN2O7. The molecule has 1 N–H and O–H groups in total. The van der Waals surface area contributed by atoms with Crippen molar-refractivity contribution in [3.63, 3.8) is 0 Å². The minimum atomic E-state index is -0.771. The van der Waals surface area contributed by atoms with Crippen LogP contribution in [-0.2, 0) is 9.47 Å². The zero-order valence-corrected chi connectivity index (χ0v) is 17.7. The van der Waals surface area contributed by atoms with Gasteiger partial charge in [0.2, 0.25) is 0 Å². The molecule has 0 radical (unpaired) electrons. The fraction of sp³-hybridized carbons (Fsp3) is 0.474. The van der Waals surface area contributed by atoms with Crippen molar-refractivity contribution in [2.24, 2.45) is 0 Å². The molecule has 0 aliphatic heterocycles. The minimum Gasteiger partial charge on any atom is -0.490 e. The zero-order chi connectivity index (χ0) is 22.2. The van der Waals surface area contributed by atoms with Crippen LogP contribution in [0.1, 0.15) is 44.5 Å². The molecule has 0 bridgehead atoms. The summed E-state index contributed by atoms with van der Waals surface area (Å²) < 4.78 is 15.4. The van der Waals surface area contributed by atoms with E-state index in [2.05, 4.69) is 10.1 Å². The molecule has 1 atom stereocenters. The van der Waals surface area contributed by atoms with Crippen LogP contribution < -0.4 is 10.1 Å². The van der Waals surface area contributed by atoms with Crippen molar-refractivity contribution in [1.29, 1.82) is 0 Å². The van der Waals surface area contributed by atoms with E-state index >= 15 is 0 Å². The van der Waals surface area contributed by atoms with Gasteiger partial charge in [-0.15, -0.1) is 0 Å². The van der Waals surface area contributed by atoms with E-state index in [0.717, 1.165) is 13.2 Å². The Morgan fingerprint density at radius 2 is 2.00 bits per heavy atom. The number of methoxy groups -OCH3 is 1. The minimum absolute atomic E-state index is 0.0644. The summed E-state index contributed by atoms with van der Waals surface area (Å²) >= 11 is 6.06. The molecule has 1 amide bonds. The highest BCUT2D eigenvalue weighted by atomic mass is 35.5. The lowest BCUT2D eigenvalue weighted by Gasteiger charge is -2.23. The third kappa shape index (κ3) is 7.98. The maximum absolute atomic E-state index is 12.0. The molecule has 0 saturated carbocycles. The second-order valence-electron chi connectivity index (χ2n) is 7.02. The quantitative estimate of drug-likeness (QED) is 0.284. The summed E-state index contributed by atoms with van der Waals surface area (Å²) in [6.45, 7) is 6.97. The summed E-state index contributed by atoms with van der Waals surface area (Å²) in [5.41, 5.74) is -1.24. The average Bonchev–Trinajstić information content (AvgIpc) is 2.62. The van der Waals surface area contributed by atoms with Crippen LogP contribution in [0.4, 0.5) is 10.5 Å². The molecule has 29 heavy (non-hydrogen) atoms. The van der Waals surface area contributed by atoms with Crippen LogP contribution >= 0.6 is 11.6 Å². The van der Waals surface area contributed by atoms with Crippen molar-refractivity contribution in [3.8, 4) is 5.75 Å². The number of rotatable bonds is 8. The normalized spacial score (nSPS) is 12.3. The maximum atomic E-state index is 12.0. The van der Waals surface area contributed by atoms with E-state index in [-0.39, 0.29) is 22.9 Å². The molecule has 0 unspecified atom stereocenters. The molecule has 1 aromatic rings. The van der Waals surface area contributed by atoms with Gasteiger partial charge in [-0.25, -0.2) is 9.59 Å². The van der Waals surface area contributed by atoms with Crippen molar-refractivity contribution in [2.75, 3.05) is 13.7 Å². The van der Waals surface area contributed by atoms with Gasteiger partial charge in [-0.3, -0.25) is 10.1 Å². The summed E-state index contributed by atoms with van der Waals surface area (Å²) in [6.07, 6.45) is 3.42. The number of alkyl carbamates (subject to hydrolysis) is 1. The molecule has 10 heteroatoms. The SMILES string of the molecule is CC=CC[C@H](COc1cc(C(=O)OC)cc([N+](=O)[O-])c1Cl)NC(=O)OC(C)(C)C. The van der Waals surface area contributed by atoms with E-state index in [0.29, 0.717) is 6.42 Å². The molecule has 1 aromatic carbocycles. The smallest absolute Gasteiger partial charge is 0.408 e. The average molecular weight is 429 g/mol. The molecule has 0 aliphatic carbocycles. The van der Waals surface area contributed by atoms with Gasteiger partial charge in [0.25, 0.3) is 5.69 Å². The first-order valence-corrected chi connectivity index (χ1v) is 9.16. The first-order chi connectivity index (χ1) is 13.5. The lowest BCUT2D eigenvalue weighted by Crippen LogP contribution is -2.42. The molecule has 0 spiro atoms. The van der Waals surface area contributed by atoms with Crippen molar-refractivity contribution >= 4 is 29.4 Å². The fourth-order valence-electron chi connectivity index (χ4n) is 2.19. The van der Waals surface area contributed by atoms with Crippen LogP contribution in [0.15, 0.2) is 24.3 Å². The largest absolute Gasteiger partial charge is 0.490 e. The van der Waals surface area contributed by atoms with Gasteiger partial charge in [0.15, 0.2) is 5.02 Å². The van der Waals surface area contributed by atoms with E-state index in [4.69, 9.17) is 21.1 Å². The van der Waals surface area contributed by atoms with Crippen molar-refractivity contribution in [2.45, 2.75) is 45.8 Å². The molecule has 0 fully saturated rings. The van der Waals surface area contributed by atoms with Gasteiger partial charge in [0.1, 0.15) is 18.0 Å². The van der Waals surface area contributed by atoms with E-state index < -0.39 is 34.3 Å². The van der Waals surface area contributed by atoms with Gasteiger partial charge in [0.05, 0.1) is 23.6 Å². The number of nitrogens with zero attached hydrogens (tertiary/aromatic N) is 1. The van der Waals surface area contributed by atoms with Crippen molar-refractivity contribution in [3.05, 3.63) is 45.0 Å². The second-order valence-corrected chi connectivity index (χ2v) is 7.39. The number of nitro groups is 1. The highest BCUT2D eigenvalue weighted by Gasteiger charge is 2.24. The number of allylic oxidation sites excluding steroid dienone is 1. The Hall–Kier alpha value is -2.81. The van der Waals surface area contributed by atoms with Gasteiger partial charge in [-0.1, -0.05) is 23.8 Å². The van der Waals surface area contributed by atoms with Gasteiger partial charge >= 0.3 is 12.1 Å². The summed E-state index contributed by atoms with van der Waals surface area (Å²) in [5, 5.41) is 13.6. The van der Waals surface area contributed by atoms with Gasteiger partial charge < -0.3 is 19.5 Å². The summed E-state index contributed by atoms with van der Waals surface area (Å²) in [7, 11) is 1.15. The van der Waals surface area contributed by atoms with Crippen LogP contribution in [0.25, 0.3) is 0 Å². The maximum Gasteiger partial charge on any atom is 0.408 e. The number of carbonyl (C=O) groups excluding carboxylic acids is 2. The molecule has 0 heterocycles. The number of nitro benzene ring substituents is 1. The van der Waals surface area contributed by atoms with Crippen LogP contribution in [-0.4, -0.2) is 42.3 Å². The lowest BCUT2D eigenvalue weighted by atomic mass is 10.1. The summed E-state index contributed by atoms with van der Waals surface area (Å²) in [5.74, 6) is -0.843. The zero-order valence-electron chi connectivity index (χ0n) is 17.0. The number of halogens is 1. The Balaban J connectivity index is 3.05. The highest BCUT2D eigenvalue weighted by Crippen LogP contribution is 2.35. The topological polar surface area (TPSA) is 117 Å². The standard InChI is InChI=1S/C19H25ClN2O7/c1-6-7-8-13(21-18(24)29-19(2,3)4)11-28-15-10-12(17(23)27-5)9-14(16(15)20)22(25)26/h6-7,9-10,13H,8,11H2,1-5H3,(H,21,24)/t13-/m1/s1. The highest BCUT2D eigenvalue weighted by molar-refractivity contribution is 6.34. The number of carbonyl (C=O) groups is 2. The van der Waals surface area contributed by atoms with Crippen molar-refractivity contribution in [1.82, 2.24) is 5.32 Å². The van der Waals surface area contributed by atoms with Crippen molar-refractivity contribution < 1.29 is 28.7 Å². The fourth-order valence-corrected chi connectivity index (χ4v) is 2.42. The second kappa shape index (κ2) is 10.7. The number of esters is 1. The molecular weight excluding hydrogens is 404 g/mol. The monoisotopic (exact) mass is 428 g/mol. The van der Waals surface area contributed by atoms with E-state index in [1.165, 1.54) is 6.07 Å². The molecule has 0 saturated heterocycles. The van der Waals surface area contributed by atoms with E-state index in [9.17, 15) is 19.7 Å². The molecule has 9 nitrogen and oxygen atoms in total. The third-order valence-electron chi connectivity index (χ3n) is 3.46. The first kappa shape index (κ1) is 24.2. The Bertz CT molecular complexity index is 787. The summed E-state index contributed by atoms with van der Waals surface area (Å²) in [6, 6.07) is 1.76. The van der Waals surface area contributed by atoms with Crippen LogP contribution in [0, 0.1) is 10.1 Å². The Morgan fingerprint density at radius 3 is 2.52 bits per heavy atom. The number of amides is 1. The number of ether oxygens (including phenoxy) is 3. The third-order valence-corrected chi connectivity index (χ3v) is 3.83. The van der Waals surface area contributed by atoms with Crippen LogP contribution in [0.3, 0.4) is 0 Å². The Labute approximate surface area is 174 Å². The number of hydrogen-bond donors (Lipinski definition) is 1. The Kier molecular flexibility index (Phi) is 8.90. The van der Waals surface area contributed by atoms with E-state index in [1.807, 2.05) is 13.0 Å². The van der Waals surface area contributed by atoms with Crippen LogP contribution in [0.5, 0.6) is 5.75 Å². The Morgan fingerprint density at radius 1 is 1.34 bits per heavy atom. The predicted octanol–water partition coefficient (Wildman–Crippen LogP) is 4.27. The van der Waals surface area contributed by atoms with Gasteiger partial charge in [0, 0.05) is 6.07 Å².